The van der Waals surface area contributed by atoms with E-state index in [1.54, 1.807) is 6.20 Å². The zero-order valence-corrected chi connectivity index (χ0v) is 19.0. The molecule has 0 aromatic carbocycles. The largest absolute Gasteiger partial charge is 0.350 e. The lowest BCUT2D eigenvalue weighted by molar-refractivity contribution is -0.118. The van der Waals surface area contributed by atoms with Gasteiger partial charge in [0.2, 0.25) is 17.8 Å². The monoisotopic (exact) mass is 447 g/mol. The first-order valence-corrected chi connectivity index (χ1v) is 11.2. The molecule has 0 bridgehead atoms. The fourth-order valence-electron chi connectivity index (χ4n) is 4.62. The second-order valence-corrected chi connectivity index (χ2v) is 9.34. The van der Waals surface area contributed by atoms with Gasteiger partial charge in [-0.3, -0.25) is 9.48 Å². The van der Waals surface area contributed by atoms with Gasteiger partial charge in [0.15, 0.2) is 5.82 Å². The Labute approximate surface area is 186 Å². The van der Waals surface area contributed by atoms with Gasteiger partial charge >= 0.3 is 0 Å². The summed E-state index contributed by atoms with van der Waals surface area (Å²) in [6.45, 7) is 7.02. The van der Waals surface area contributed by atoms with Crippen LogP contribution in [0, 0.1) is 18.8 Å². The topological polar surface area (TPSA) is 88.0 Å². The highest BCUT2D eigenvalue weighted by Crippen LogP contribution is 2.37. The quantitative estimate of drug-likeness (QED) is 0.700. The Balaban J connectivity index is 1.40. The van der Waals surface area contributed by atoms with Gasteiger partial charge in [-0.2, -0.15) is 10.1 Å². The van der Waals surface area contributed by atoms with E-state index in [-0.39, 0.29) is 36.6 Å². The minimum atomic E-state index is -2.51. The molecule has 1 amide bonds. The molecule has 1 atom stereocenters. The van der Waals surface area contributed by atoms with Gasteiger partial charge in [-0.1, -0.05) is 13.8 Å². The van der Waals surface area contributed by atoms with Gasteiger partial charge in [0.25, 0.3) is 0 Å². The standard InChI is InChI=1S/C22H31F2N7O/c1-13(2)18-20(32)28-17-14(3)27-21(29-19(17)30(18)4)25-9-16-10-26-31(12-16)11-15-5-7-22(23,24)8-6-15/h10,12-13,15,18H,5-9,11H2,1-4H3,(H,28,32)(H,25,27,29). The van der Waals surface area contributed by atoms with Crippen LogP contribution in [-0.2, 0) is 17.9 Å². The molecule has 32 heavy (non-hydrogen) atoms. The van der Waals surface area contributed by atoms with Crippen LogP contribution in [0.25, 0.3) is 0 Å². The minimum Gasteiger partial charge on any atom is -0.350 e. The second kappa shape index (κ2) is 8.63. The first-order chi connectivity index (χ1) is 15.1. The number of aryl methyl sites for hydroxylation is 1. The SMILES string of the molecule is Cc1nc(NCc2cnn(CC3CCC(F)(F)CC3)c2)nc2c1NC(=O)C(C(C)C)N2C. The highest BCUT2D eigenvalue weighted by molar-refractivity contribution is 6.03. The van der Waals surface area contributed by atoms with Gasteiger partial charge in [-0.15, -0.1) is 0 Å². The van der Waals surface area contributed by atoms with E-state index in [0.717, 1.165) is 5.56 Å². The van der Waals surface area contributed by atoms with Crippen LogP contribution in [0.1, 0.15) is 50.8 Å². The fraction of sp³-hybridized carbons (Fsp3) is 0.636. The highest BCUT2D eigenvalue weighted by atomic mass is 19.3. The summed E-state index contributed by atoms with van der Waals surface area (Å²) in [5, 5.41) is 10.6. The lowest BCUT2D eigenvalue weighted by Crippen LogP contribution is -2.49. The number of amides is 1. The summed E-state index contributed by atoms with van der Waals surface area (Å²) in [5.74, 6) is -0.995. The molecule has 2 aliphatic rings. The number of anilines is 3. The van der Waals surface area contributed by atoms with Crippen molar-refractivity contribution in [2.75, 3.05) is 22.6 Å². The number of fused-ring (bicyclic) bond motifs is 1. The van der Waals surface area contributed by atoms with Gasteiger partial charge in [0, 0.05) is 44.7 Å². The van der Waals surface area contributed by atoms with E-state index in [9.17, 15) is 13.6 Å². The van der Waals surface area contributed by atoms with Crippen LogP contribution in [0.3, 0.4) is 0 Å². The van der Waals surface area contributed by atoms with Crippen LogP contribution in [-0.4, -0.2) is 44.7 Å². The third kappa shape index (κ3) is 4.68. The van der Waals surface area contributed by atoms with Crippen molar-refractivity contribution in [1.29, 1.82) is 0 Å². The third-order valence-electron chi connectivity index (χ3n) is 6.39. The predicted molar refractivity (Wildman–Crippen MR) is 119 cm³/mol. The normalized spacial score (nSPS) is 20.9. The molecule has 2 aromatic rings. The summed E-state index contributed by atoms with van der Waals surface area (Å²) in [6, 6.07) is -0.289. The van der Waals surface area contributed by atoms with Crippen LogP contribution >= 0.6 is 0 Å². The lowest BCUT2D eigenvalue weighted by atomic mass is 9.87. The zero-order chi connectivity index (χ0) is 23.0. The molecule has 8 nitrogen and oxygen atoms in total. The molecule has 174 valence electrons. The van der Waals surface area contributed by atoms with Crippen molar-refractivity contribution < 1.29 is 13.6 Å². The molecule has 3 heterocycles. The van der Waals surface area contributed by atoms with E-state index >= 15 is 0 Å². The number of halogens is 2. The van der Waals surface area contributed by atoms with E-state index in [4.69, 9.17) is 0 Å². The summed E-state index contributed by atoms with van der Waals surface area (Å²) < 4.78 is 28.5. The summed E-state index contributed by atoms with van der Waals surface area (Å²) in [6.07, 6.45) is 4.71. The molecule has 1 unspecified atom stereocenters. The van der Waals surface area contributed by atoms with Gasteiger partial charge in [0.1, 0.15) is 11.7 Å². The Bertz CT molecular complexity index is 981. The lowest BCUT2D eigenvalue weighted by Gasteiger charge is -2.36. The summed E-state index contributed by atoms with van der Waals surface area (Å²) >= 11 is 0. The maximum Gasteiger partial charge on any atom is 0.248 e. The average molecular weight is 448 g/mol. The summed E-state index contributed by atoms with van der Waals surface area (Å²) in [7, 11) is 1.88. The van der Waals surface area contributed by atoms with Crippen molar-refractivity contribution in [3.63, 3.8) is 0 Å². The van der Waals surface area contributed by atoms with Gasteiger partial charge in [-0.05, 0) is 31.6 Å². The van der Waals surface area contributed by atoms with E-state index in [1.165, 1.54) is 0 Å². The van der Waals surface area contributed by atoms with Crippen molar-refractivity contribution in [2.24, 2.45) is 11.8 Å². The maximum atomic E-state index is 13.4. The molecule has 0 spiro atoms. The second-order valence-electron chi connectivity index (χ2n) is 9.34. The fourth-order valence-corrected chi connectivity index (χ4v) is 4.62. The van der Waals surface area contributed by atoms with Gasteiger partial charge in [0.05, 0.1) is 11.9 Å². The molecule has 1 saturated carbocycles. The molecular weight excluding hydrogens is 416 g/mol. The van der Waals surface area contributed by atoms with Crippen LogP contribution in [0.4, 0.5) is 26.2 Å². The van der Waals surface area contributed by atoms with Crippen LogP contribution in [0.2, 0.25) is 0 Å². The van der Waals surface area contributed by atoms with Crippen LogP contribution < -0.4 is 15.5 Å². The average Bonchev–Trinajstić information content (AvgIpc) is 3.16. The zero-order valence-electron chi connectivity index (χ0n) is 19.0. The Kier molecular flexibility index (Phi) is 6.05. The molecular formula is C22H31F2N7O. The molecule has 0 saturated heterocycles. The Morgan fingerprint density at radius 3 is 2.69 bits per heavy atom. The van der Waals surface area contributed by atoms with Crippen molar-refractivity contribution in [2.45, 2.75) is 71.5 Å². The third-order valence-corrected chi connectivity index (χ3v) is 6.39. The van der Waals surface area contributed by atoms with Crippen LogP contribution in [0.5, 0.6) is 0 Å². The molecule has 10 heteroatoms. The first kappa shape index (κ1) is 22.4. The van der Waals surface area contributed by atoms with E-state index < -0.39 is 5.92 Å². The molecule has 4 rings (SSSR count). The van der Waals surface area contributed by atoms with Gasteiger partial charge in [-0.25, -0.2) is 13.8 Å². The van der Waals surface area contributed by atoms with Crippen molar-refractivity contribution >= 4 is 23.4 Å². The molecule has 0 radical (unpaired) electrons. The van der Waals surface area contributed by atoms with Gasteiger partial charge < -0.3 is 15.5 Å². The van der Waals surface area contributed by atoms with Crippen molar-refractivity contribution in [3.8, 4) is 0 Å². The van der Waals surface area contributed by atoms with E-state index in [0.29, 0.717) is 49.1 Å². The number of alkyl halides is 2. The van der Waals surface area contributed by atoms with Crippen molar-refractivity contribution in [3.05, 3.63) is 23.7 Å². The molecule has 1 aliphatic heterocycles. The van der Waals surface area contributed by atoms with E-state index in [2.05, 4.69) is 25.7 Å². The number of hydrogen-bond acceptors (Lipinski definition) is 6. The summed E-state index contributed by atoms with van der Waals surface area (Å²) in [4.78, 5) is 23.5. The number of nitrogens with zero attached hydrogens (tertiary/aromatic N) is 5. The number of carbonyl (C=O) groups excluding carboxylic acids is 1. The number of rotatable bonds is 6. The number of likely N-dealkylation sites (N-methyl/N-ethyl adjacent to an activating group) is 1. The maximum absolute atomic E-state index is 13.4. The number of nitrogens with one attached hydrogen (secondary N) is 2. The van der Waals surface area contributed by atoms with Crippen molar-refractivity contribution in [1.82, 2.24) is 19.7 Å². The minimum absolute atomic E-state index is 0.0328. The van der Waals surface area contributed by atoms with Crippen LogP contribution in [0.15, 0.2) is 12.4 Å². The first-order valence-electron chi connectivity index (χ1n) is 11.2. The molecule has 1 aliphatic carbocycles. The number of hydrogen-bond donors (Lipinski definition) is 2. The van der Waals surface area contributed by atoms with E-state index in [1.807, 2.05) is 43.6 Å². The highest BCUT2D eigenvalue weighted by Gasteiger charge is 2.36. The predicted octanol–water partition coefficient (Wildman–Crippen LogP) is 3.83. The Morgan fingerprint density at radius 1 is 1.28 bits per heavy atom. The number of aromatic nitrogens is 4. The molecule has 1 fully saturated rings. The summed E-state index contributed by atoms with van der Waals surface area (Å²) in [5.41, 5.74) is 2.31. The molecule has 2 N–H and O–H groups in total. The smallest absolute Gasteiger partial charge is 0.248 e. The molecule has 2 aromatic heterocycles. The Morgan fingerprint density at radius 2 is 2.00 bits per heavy atom. The Hall–Kier alpha value is -2.78. The number of carbonyl (C=O) groups is 1.